The Morgan fingerprint density at radius 3 is 1.73 bits per heavy atom. The summed E-state index contributed by atoms with van der Waals surface area (Å²) in [5.74, 6) is -8.27. The molecule has 256 valence electrons. The van der Waals surface area contributed by atoms with Gasteiger partial charge >= 0.3 is 36.4 Å². The molecule has 0 bridgehead atoms. The van der Waals surface area contributed by atoms with Crippen molar-refractivity contribution in [3.05, 3.63) is 22.4 Å². The molecule has 2 fully saturated rings. The highest BCUT2D eigenvalue weighted by atomic mass is 32.1. The smallest absolute Gasteiger partial charge is 0.475 e. The van der Waals surface area contributed by atoms with Crippen molar-refractivity contribution in [2.45, 2.75) is 30.7 Å². The van der Waals surface area contributed by atoms with Crippen LogP contribution in [0.15, 0.2) is 16.8 Å². The first-order valence-electron chi connectivity index (χ1n) is 12.2. The van der Waals surface area contributed by atoms with Crippen LogP contribution < -0.4 is 0 Å². The fourth-order valence-electron chi connectivity index (χ4n) is 3.40. The number of nitrogens with zero attached hydrogens (tertiary/aromatic N) is 3. The van der Waals surface area contributed by atoms with Crippen LogP contribution in [0.2, 0.25) is 0 Å². The number of carboxylic acid groups (broad SMARTS) is 3. The SMILES string of the molecule is CN(C)CCN1CCOCC2(C1)CN(Cc1ccsc1)CCO2.O=C(O)C(F)(F)F.O=C(O)C(F)(F)F.O=C(O)C(F)(F)F. The highest BCUT2D eigenvalue weighted by Gasteiger charge is 2.41. The third kappa shape index (κ3) is 18.2. The van der Waals surface area contributed by atoms with Gasteiger partial charge in [-0.1, -0.05) is 0 Å². The molecule has 0 amide bonds. The average molecular weight is 682 g/mol. The largest absolute Gasteiger partial charge is 0.490 e. The summed E-state index contributed by atoms with van der Waals surface area (Å²) in [6, 6.07) is 2.22. The number of ether oxygens (including phenoxy) is 2. The first-order valence-corrected chi connectivity index (χ1v) is 13.2. The van der Waals surface area contributed by atoms with Gasteiger partial charge in [0.1, 0.15) is 5.60 Å². The van der Waals surface area contributed by atoms with Crippen molar-refractivity contribution >= 4 is 29.2 Å². The number of likely N-dealkylation sites (N-methyl/N-ethyl adjacent to an activating group) is 1. The van der Waals surface area contributed by atoms with Crippen LogP contribution >= 0.6 is 11.3 Å². The minimum atomic E-state index is -5.08. The van der Waals surface area contributed by atoms with Crippen LogP contribution in [0.4, 0.5) is 39.5 Å². The Bertz CT molecular complexity index is 951. The van der Waals surface area contributed by atoms with E-state index in [4.69, 9.17) is 39.2 Å². The number of hydrogen-bond acceptors (Lipinski definition) is 9. The third-order valence-electron chi connectivity index (χ3n) is 5.33. The van der Waals surface area contributed by atoms with Crippen molar-refractivity contribution in [3.63, 3.8) is 0 Å². The minimum absolute atomic E-state index is 0.170. The lowest BCUT2D eigenvalue weighted by atomic mass is 10.0. The van der Waals surface area contributed by atoms with E-state index < -0.39 is 36.4 Å². The molecule has 0 radical (unpaired) electrons. The van der Waals surface area contributed by atoms with Crippen LogP contribution in [0.25, 0.3) is 0 Å². The molecule has 2 saturated heterocycles. The molecular weight excluding hydrogens is 649 g/mol. The van der Waals surface area contributed by atoms with E-state index in [0.29, 0.717) is 6.61 Å². The second-order valence-corrected chi connectivity index (χ2v) is 10.2. The number of hydrogen-bond donors (Lipinski definition) is 3. The van der Waals surface area contributed by atoms with Gasteiger partial charge in [0.15, 0.2) is 0 Å². The normalized spacial score (nSPS) is 19.8. The lowest BCUT2D eigenvalue weighted by molar-refractivity contribution is -0.193. The predicted molar refractivity (Wildman–Crippen MR) is 135 cm³/mol. The van der Waals surface area contributed by atoms with Crippen LogP contribution in [0.3, 0.4) is 0 Å². The Morgan fingerprint density at radius 2 is 1.32 bits per heavy atom. The first kappa shape index (κ1) is 41.3. The number of aliphatic carboxylic acids is 3. The van der Waals surface area contributed by atoms with Gasteiger partial charge in [-0.25, -0.2) is 14.4 Å². The Hall–Kier alpha value is -2.72. The summed E-state index contributed by atoms with van der Waals surface area (Å²) < 4.78 is 107. The molecule has 44 heavy (non-hydrogen) atoms. The first-order chi connectivity index (χ1) is 20.0. The zero-order valence-corrected chi connectivity index (χ0v) is 24.2. The van der Waals surface area contributed by atoms with Crippen LogP contribution in [0.5, 0.6) is 0 Å². The number of carboxylic acids is 3. The number of morpholine rings is 1. The zero-order chi connectivity index (χ0) is 34.4. The lowest BCUT2D eigenvalue weighted by Gasteiger charge is -2.43. The maximum absolute atomic E-state index is 10.6. The highest BCUT2D eigenvalue weighted by molar-refractivity contribution is 7.07. The minimum Gasteiger partial charge on any atom is -0.475 e. The average Bonchev–Trinajstić information content (AvgIpc) is 3.30. The van der Waals surface area contributed by atoms with Gasteiger partial charge in [-0.05, 0) is 36.5 Å². The number of carbonyl (C=O) groups is 3. The van der Waals surface area contributed by atoms with Gasteiger partial charge in [0.05, 0.1) is 19.8 Å². The van der Waals surface area contributed by atoms with E-state index in [1.54, 1.807) is 11.3 Å². The zero-order valence-electron chi connectivity index (χ0n) is 23.3. The molecule has 0 saturated carbocycles. The maximum Gasteiger partial charge on any atom is 0.490 e. The summed E-state index contributed by atoms with van der Waals surface area (Å²) in [7, 11) is 4.26. The summed E-state index contributed by atoms with van der Waals surface area (Å²) in [6.07, 6.45) is -15.3. The standard InChI is InChI=1S/C17H29N3O2S.3C2HF3O2/c1-18(2)4-5-19-6-8-21-15-17(13-19)14-20(7-9-22-17)11-16-3-10-23-12-16;3*3-2(4,5)1(6)7/h3,10,12H,4-9,11,13-15H2,1-2H3;3*(H,6,7). The van der Waals surface area contributed by atoms with E-state index in [2.05, 4.69) is 45.6 Å². The fraction of sp³-hybridized carbons (Fsp3) is 0.696. The summed E-state index contributed by atoms with van der Waals surface area (Å²) in [4.78, 5) is 33.9. The molecule has 2 aliphatic heterocycles. The summed E-state index contributed by atoms with van der Waals surface area (Å²) in [5.41, 5.74) is 1.24. The van der Waals surface area contributed by atoms with Crippen molar-refractivity contribution in [2.24, 2.45) is 0 Å². The highest BCUT2D eigenvalue weighted by Crippen LogP contribution is 2.24. The molecule has 1 aromatic heterocycles. The summed E-state index contributed by atoms with van der Waals surface area (Å²) in [6.45, 7) is 9.44. The van der Waals surface area contributed by atoms with E-state index in [9.17, 15) is 39.5 Å². The Balaban J connectivity index is 0.000000721. The molecule has 3 rings (SSSR count). The van der Waals surface area contributed by atoms with Gasteiger partial charge in [0, 0.05) is 45.8 Å². The Labute approximate surface area is 249 Å². The molecule has 11 nitrogen and oxygen atoms in total. The number of alkyl halides is 9. The molecule has 21 heteroatoms. The lowest BCUT2D eigenvalue weighted by Crippen LogP contribution is -2.58. The van der Waals surface area contributed by atoms with Crippen molar-refractivity contribution < 1.29 is 78.7 Å². The van der Waals surface area contributed by atoms with Crippen molar-refractivity contribution in [1.82, 2.24) is 14.7 Å². The van der Waals surface area contributed by atoms with Gasteiger partial charge in [-0.15, -0.1) is 0 Å². The van der Waals surface area contributed by atoms with Gasteiger partial charge in [-0.3, -0.25) is 9.80 Å². The van der Waals surface area contributed by atoms with Crippen molar-refractivity contribution in [3.8, 4) is 0 Å². The number of halogens is 9. The number of thiophene rings is 1. The van der Waals surface area contributed by atoms with E-state index >= 15 is 0 Å². The second-order valence-electron chi connectivity index (χ2n) is 9.41. The monoisotopic (exact) mass is 681 g/mol. The number of rotatable bonds is 5. The van der Waals surface area contributed by atoms with Crippen molar-refractivity contribution in [2.75, 3.05) is 73.2 Å². The quantitative estimate of drug-likeness (QED) is 0.395. The molecule has 3 heterocycles. The van der Waals surface area contributed by atoms with Crippen LogP contribution in [-0.2, 0) is 30.4 Å². The fourth-order valence-corrected chi connectivity index (χ4v) is 4.06. The summed E-state index contributed by atoms with van der Waals surface area (Å²) >= 11 is 1.77. The molecule has 1 atom stereocenters. The molecular formula is C23H32F9N3O8S. The topological polar surface area (TPSA) is 140 Å². The third-order valence-corrected chi connectivity index (χ3v) is 6.07. The molecule has 3 N–H and O–H groups in total. The van der Waals surface area contributed by atoms with Crippen LogP contribution in [-0.4, -0.2) is 145 Å². The van der Waals surface area contributed by atoms with E-state index in [0.717, 1.165) is 59.0 Å². The van der Waals surface area contributed by atoms with Crippen LogP contribution in [0.1, 0.15) is 5.56 Å². The molecule has 1 aromatic rings. The van der Waals surface area contributed by atoms with E-state index in [-0.39, 0.29) is 5.60 Å². The summed E-state index contributed by atoms with van der Waals surface area (Å²) in [5, 5.41) is 25.8. The van der Waals surface area contributed by atoms with Crippen LogP contribution in [0, 0.1) is 0 Å². The van der Waals surface area contributed by atoms with E-state index in [1.807, 2.05) is 0 Å². The maximum atomic E-state index is 10.6. The molecule has 0 aliphatic carbocycles. The Kier molecular flexibility index (Phi) is 17.2. The van der Waals surface area contributed by atoms with Gasteiger partial charge in [0.2, 0.25) is 0 Å². The van der Waals surface area contributed by atoms with Gasteiger partial charge in [0.25, 0.3) is 0 Å². The molecule has 1 spiro atoms. The van der Waals surface area contributed by atoms with Gasteiger partial charge in [-0.2, -0.15) is 50.9 Å². The van der Waals surface area contributed by atoms with E-state index in [1.165, 1.54) is 5.56 Å². The van der Waals surface area contributed by atoms with Crippen molar-refractivity contribution in [1.29, 1.82) is 0 Å². The molecule has 0 aromatic carbocycles. The van der Waals surface area contributed by atoms with Gasteiger partial charge < -0.3 is 29.7 Å². The predicted octanol–water partition coefficient (Wildman–Crippen LogP) is 3.11. The second kappa shape index (κ2) is 18.3. The molecule has 1 unspecified atom stereocenters. The molecule has 2 aliphatic rings. The Morgan fingerprint density at radius 1 is 0.864 bits per heavy atom.